The van der Waals surface area contributed by atoms with Gasteiger partial charge in [-0.15, -0.1) is 0 Å². The van der Waals surface area contributed by atoms with E-state index in [1.165, 1.54) is 6.33 Å². The molecule has 0 aliphatic carbocycles. The quantitative estimate of drug-likeness (QED) is 0.532. The molecule has 1 aromatic carbocycles. The van der Waals surface area contributed by atoms with Crippen molar-refractivity contribution in [3.05, 3.63) is 66.2 Å². The van der Waals surface area contributed by atoms with Crippen molar-refractivity contribution in [2.24, 2.45) is 0 Å². The van der Waals surface area contributed by atoms with Crippen molar-refractivity contribution in [3.63, 3.8) is 0 Å². The maximum atomic E-state index is 12.5. The van der Waals surface area contributed by atoms with E-state index >= 15 is 0 Å². The number of hydrogen-bond donors (Lipinski definition) is 2. The first-order valence-corrected chi connectivity index (χ1v) is 9.63. The molecule has 8 nitrogen and oxygen atoms in total. The Bertz CT molecular complexity index is 1200. The predicted molar refractivity (Wildman–Crippen MR) is 116 cm³/mol. The summed E-state index contributed by atoms with van der Waals surface area (Å²) < 4.78 is 1.80. The third-order valence-electron chi connectivity index (χ3n) is 4.97. The average Bonchev–Trinajstić information content (AvgIpc) is 3.15. The van der Waals surface area contributed by atoms with Gasteiger partial charge in [-0.05, 0) is 32.9 Å². The summed E-state index contributed by atoms with van der Waals surface area (Å²) >= 11 is 0. The van der Waals surface area contributed by atoms with Gasteiger partial charge in [-0.3, -0.25) is 9.78 Å². The van der Waals surface area contributed by atoms with Crippen LogP contribution >= 0.6 is 0 Å². The lowest BCUT2D eigenvalue weighted by atomic mass is 10.1. The number of anilines is 1. The van der Waals surface area contributed by atoms with Crippen LogP contribution in [0.15, 0.2) is 55.0 Å². The average molecular weight is 401 g/mol. The lowest BCUT2D eigenvalue weighted by Gasteiger charge is -2.26. The maximum absolute atomic E-state index is 12.5. The summed E-state index contributed by atoms with van der Waals surface area (Å²) in [6, 6.07) is 13.3. The van der Waals surface area contributed by atoms with Gasteiger partial charge < -0.3 is 11.1 Å². The van der Waals surface area contributed by atoms with Gasteiger partial charge in [0.1, 0.15) is 23.5 Å². The number of amides is 1. The van der Waals surface area contributed by atoms with Crippen molar-refractivity contribution in [2.75, 3.05) is 12.3 Å². The molecular formula is C22H23N7O. The summed E-state index contributed by atoms with van der Waals surface area (Å²) in [4.78, 5) is 25.1. The standard InChI is InChI=1S/C22H23N7O/c1-14-7-9-15(10-8-14)18-17-19(23)26-13-27-20(17)29(28-18)22(2,3)12-25-21(30)16-6-4-5-11-24-16/h4-11,13H,12H2,1-3H3,(H,25,30)(H2,23,26,27). The van der Waals surface area contributed by atoms with Crippen molar-refractivity contribution >= 4 is 22.8 Å². The van der Waals surface area contributed by atoms with Crippen molar-refractivity contribution in [1.29, 1.82) is 0 Å². The third kappa shape index (κ3) is 3.59. The largest absolute Gasteiger partial charge is 0.383 e. The molecule has 3 heterocycles. The Morgan fingerprint density at radius 1 is 1.10 bits per heavy atom. The Morgan fingerprint density at radius 3 is 2.57 bits per heavy atom. The highest BCUT2D eigenvalue weighted by atomic mass is 16.1. The first kappa shape index (κ1) is 19.5. The molecule has 0 bridgehead atoms. The second-order valence-corrected chi connectivity index (χ2v) is 7.79. The SMILES string of the molecule is Cc1ccc(-c2nn(C(C)(C)CNC(=O)c3ccccn3)c3ncnc(N)c23)cc1. The number of nitrogens with two attached hydrogens (primary N) is 1. The molecule has 0 saturated carbocycles. The number of aromatic nitrogens is 5. The van der Waals surface area contributed by atoms with Crippen molar-refractivity contribution in [2.45, 2.75) is 26.3 Å². The number of nitrogen functional groups attached to an aromatic ring is 1. The molecule has 4 aromatic rings. The first-order chi connectivity index (χ1) is 14.4. The van der Waals surface area contributed by atoms with Crippen LogP contribution in [0, 0.1) is 6.92 Å². The molecule has 4 rings (SSSR count). The van der Waals surface area contributed by atoms with E-state index in [0.29, 0.717) is 34.8 Å². The van der Waals surface area contributed by atoms with E-state index < -0.39 is 5.54 Å². The Balaban J connectivity index is 1.72. The fourth-order valence-electron chi connectivity index (χ4n) is 3.27. The Morgan fingerprint density at radius 2 is 1.87 bits per heavy atom. The van der Waals surface area contributed by atoms with Gasteiger partial charge in [0.2, 0.25) is 0 Å². The van der Waals surface area contributed by atoms with Gasteiger partial charge in [0.15, 0.2) is 5.65 Å². The number of nitrogens with one attached hydrogen (secondary N) is 1. The van der Waals surface area contributed by atoms with Crippen LogP contribution in [0.3, 0.4) is 0 Å². The van der Waals surface area contributed by atoms with Gasteiger partial charge in [0, 0.05) is 18.3 Å². The molecule has 0 spiro atoms. The van der Waals surface area contributed by atoms with E-state index in [-0.39, 0.29) is 5.91 Å². The summed E-state index contributed by atoms with van der Waals surface area (Å²) in [6.45, 7) is 6.33. The molecule has 0 fully saturated rings. The highest BCUT2D eigenvalue weighted by molar-refractivity contribution is 5.98. The van der Waals surface area contributed by atoms with Crippen LogP contribution in [-0.2, 0) is 5.54 Å². The van der Waals surface area contributed by atoms with Crippen LogP contribution in [0.4, 0.5) is 5.82 Å². The molecule has 30 heavy (non-hydrogen) atoms. The number of nitrogens with zero attached hydrogens (tertiary/aromatic N) is 5. The van der Waals surface area contributed by atoms with Crippen LogP contribution in [0.1, 0.15) is 29.9 Å². The van der Waals surface area contributed by atoms with E-state index in [0.717, 1.165) is 11.1 Å². The summed E-state index contributed by atoms with van der Waals surface area (Å²) in [6.07, 6.45) is 3.02. The minimum atomic E-state index is -0.577. The molecule has 152 valence electrons. The zero-order chi connectivity index (χ0) is 21.3. The normalized spacial score (nSPS) is 11.6. The van der Waals surface area contributed by atoms with Crippen LogP contribution in [0.25, 0.3) is 22.3 Å². The molecule has 0 aliphatic rings. The Labute approximate surface area is 174 Å². The first-order valence-electron chi connectivity index (χ1n) is 9.63. The minimum Gasteiger partial charge on any atom is -0.383 e. The maximum Gasteiger partial charge on any atom is 0.269 e. The molecule has 0 saturated heterocycles. The molecule has 0 aliphatic heterocycles. The Kier molecular flexibility index (Phi) is 4.91. The van der Waals surface area contributed by atoms with E-state index in [1.807, 2.05) is 45.0 Å². The highest BCUT2D eigenvalue weighted by Gasteiger charge is 2.28. The smallest absolute Gasteiger partial charge is 0.269 e. The number of benzene rings is 1. The summed E-state index contributed by atoms with van der Waals surface area (Å²) in [5, 5.41) is 8.48. The minimum absolute atomic E-state index is 0.243. The summed E-state index contributed by atoms with van der Waals surface area (Å²) in [5.74, 6) is 0.128. The van der Waals surface area contributed by atoms with Gasteiger partial charge in [-0.2, -0.15) is 5.10 Å². The fourth-order valence-corrected chi connectivity index (χ4v) is 3.27. The molecule has 0 radical (unpaired) electrons. The van der Waals surface area contributed by atoms with Crippen LogP contribution in [-0.4, -0.2) is 37.2 Å². The van der Waals surface area contributed by atoms with Gasteiger partial charge in [-0.1, -0.05) is 35.9 Å². The summed E-state index contributed by atoms with van der Waals surface area (Å²) in [5.41, 5.74) is 9.41. The Hall–Kier alpha value is -3.81. The van der Waals surface area contributed by atoms with Crippen LogP contribution in [0.2, 0.25) is 0 Å². The number of aryl methyl sites for hydroxylation is 1. The van der Waals surface area contributed by atoms with E-state index in [4.69, 9.17) is 10.8 Å². The highest BCUT2D eigenvalue weighted by Crippen LogP contribution is 2.32. The molecule has 0 unspecified atom stereocenters. The molecular weight excluding hydrogens is 378 g/mol. The van der Waals surface area contributed by atoms with Crippen molar-refractivity contribution in [3.8, 4) is 11.3 Å². The number of hydrogen-bond acceptors (Lipinski definition) is 6. The van der Waals surface area contributed by atoms with Gasteiger partial charge in [-0.25, -0.2) is 14.6 Å². The van der Waals surface area contributed by atoms with Crippen LogP contribution in [0.5, 0.6) is 0 Å². The van der Waals surface area contributed by atoms with Gasteiger partial charge in [0.05, 0.1) is 10.9 Å². The van der Waals surface area contributed by atoms with Crippen molar-refractivity contribution in [1.82, 2.24) is 30.0 Å². The van der Waals surface area contributed by atoms with E-state index in [9.17, 15) is 4.79 Å². The van der Waals surface area contributed by atoms with Crippen LogP contribution < -0.4 is 11.1 Å². The molecule has 0 atom stereocenters. The zero-order valence-corrected chi connectivity index (χ0v) is 17.1. The number of pyridine rings is 1. The number of carbonyl (C=O) groups is 1. The second-order valence-electron chi connectivity index (χ2n) is 7.79. The van der Waals surface area contributed by atoms with Gasteiger partial charge >= 0.3 is 0 Å². The zero-order valence-electron chi connectivity index (χ0n) is 17.1. The van der Waals surface area contributed by atoms with Crippen molar-refractivity contribution < 1.29 is 4.79 Å². The van der Waals surface area contributed by atoms with E-state index in [2.05, 4.69) is 20.3 Å². The van der Waals surface area contributed by atoms with E-state index in [1.54, 1.807) is 29.1 Å². The lowest BCUT2D eigenvalue weighted by molar-refractivity contribution is 0.0931. The van der Waals surface area contributed by atoms with Gasteiger partial charge in [0.25, 0.3) is 5.91 Å². The predicted octanol–water partition coefficient (Wildman–Crippen LogP) is 2.94. The fraction of sp³-hybridized carbons (Fsp3) is 0.227. The lowest BCUT2D eigenvalue weighted by Crippen LogP contribution is -2.41. The third-order valence-corrected chi connectivity index (χ3v) is 4.97. The number of rotatable bonds is 5. The molecule has 3 aromatic heterocycles. The molecule has 3 N–H and O–H groups in total. The topological polar surface area (TPSA) is 112 Å². The molecule has 8 heteroatoms. The second kappa shape index (κ2) is 7.55. The number of fused-ring (bicyclic) bond motifs is 1. The monoisotopic (exact) mass is 401 g/mol. The summed E-state index contributed by atoms with van der Waals surface area (Å²) in [7, 11) is 0. The number of carbonyl (C=O) groups excluding carboxylic acids is 1. The molecule has 1 amide bonds.